The first-order valence-electron chi connectivity index (χ1n) is 18.1. The summed E-state index contributed by atoms with van der Waals surface area (Å²) >= 11 is 1.84. The van der Waals surface area contributed by atoms with Crippen LogP contribution in [0.4, 0.5) is 0 Å². The maximum absolute atomic E-state index is 5.29. The van der Waals surface area contributed by atoms with E-state index in [0.717, 1.165) is 22.5 Å². The molecule has 0 saturated heterocycles. The fourth-order valence-electron chi connectivity index (χ4n) is 9.48. The summed E-state index contributed by atoms with van der Waals surface area (Å²) in [6, 6.07) is 60.2. The van der Waals surface area contributed by atoms with Crippen LogP contribution < -0.4 is 0 Å². The average molecular weight is 690 g/mol. The summed E-state index contributed by atoms with van der Waals surface area (Å²) in [7, 11) is 0. The normalized spacial score (nSPS) is 12.5. The lowest BCUT2D eigenvalue weighted by molar-refractivity contribution is 1.18. The molecule has 8 aromatic carbocycles. The van der Waals surface area contributed by atoms with E-state index in [0.29, 0.717) is 0 Å². The monoisotopic (exact) mass is 689 g/mol. The molecule has 0 bridgehead atoms. The Morgan fingerprint density at radius 3 is 1.89 bits per heavy atom. The topological polar surface area (TPSA) is 22.2 Å². The van der Waals surface area contributed by atoms with Crippen LogP contribution in [0.15, 0.2) is 164 Å². The van der Waals surface area contributed by atoms with Gasteiger partial charge in [0.25, 0.3) is 0 Å². The summed E-state index contributed by atoms with van der Waals surface area (Å²) in [6.45, 7) is 0. The van der Waals surface area contributed by atoms with Gasteiger partial charge < -0.3 is 8.97 Å². The summed E-state index contributed by atoms with van der Waals surface area (Å²) < 4.78 is 7.50. The lowest BCUT2D eigenvalue weighted by Gasteiger charge is -2.15. The second-order valence-corrected chi connectivity index (χ2v) is 15.3. The highest BCUT2D eigenvalue weighted by Gasteiger charge is 2.22. The molecule has 5 heterocycles. The maximum Gasteiger partial charge on any atom is 0.0888 e. The Morgan fingerprint density at radius 2 is 1.04 bits per heavy atom. The number of benzene rings is 8. The summed E-state index contributed by atoms with van der Waals surface area (Å²) in [5.41, 5.74) is 10.5. The van der Waals surface area contributed by atoms with Crippen molar-refractivity contribution in [2.24, 2.45) is 0 Å². The molecule has 244 valence electrons. The van der Waals surface area contributed by atoms with Gasteiger partial charge in [-0.25, -0.2) is 4.98 Å². The van der Waals surface area contributed by atoms with Crippen LogP contribution in [0.25, 0.3) is 119 Å². The van der Waals surface area contributed by atoms with Gasteiger partial charge in [0.15, 0.2) is 0 Å². The Labute approximate surface area is 306 Å². The van der Waals surface area contributed by atoms with Crippen molar-refractivity contribution in [3.8, 4) is 16.9 Å². The predicted molar refractivity (Wildman–Crippen MR) is 227 cm³/mol. The van der Waals surface area contributed by atoms with E-state index in [1.165, 1.54) is 96.2 Å². The van der Waals surface area contributed by atoms with Crippen LogP contribution in [0, 0.1) is 0 Å². The Balaban J connectivity index is 1.12. The first-order valence-corrected chi connectivity index (χ1v) is 19.0. The molecule has 0 N–H and O–H groups in total. The zero-order chi connectivity index (χ0) is 34.4. The van der Waals surface area contributed by atoms with E-state index in [9.17, 15) is 0 Å². The zero-order valence-electron chi connectivity index (χ0n) is 28.3. The number of nitrogens with zero attached hydrogens (tertiary/aromatic N) is 3. The second kappa shape index (κ2) is 9.97. The number of hydrogen-bond donors (Lipinski definition) is 0. The quantitative estimate of drug-likeness (QED) is 0.131. The van der Waals surface area contributed by atoms with Crippen LogP contribution in [0.2, 0.25) is 0 Å². The molecule has 0 atom stereocenters. The van der Waals surface area contributed by atoms with Gasteiger partial charge in [-0.15, -0.1) is 11.3 Å². The molecule has 0 aliphatic rings. The molecule has 13 aromatic rings. The van der Waals surface area contributed by atoms with E-state index in [1.807, 2.05) is 11.3 Å². The third-order valence-corrected chi connectivity index (χ3v) is 12.8. The Bertz CT molecular complexity index is 3670. The minimum absolute atomic E-state index is 1.03. The molecule has 0 aliphatic heterocycles. The van der Waals surface area contributed by atoms with Crippen molar-refractivity contribution in [2.75, 3.05) is 0 Å². The second-order valence-electron chi connectivity index (χ2n) is 14.3. The van der Waals surface area contributed by atoms with E-state index >= 15 is 0 Å². The summed E-state index contributed by atoms with van der Waals surface area (Å²) in [5.74, 6) is 0. The SMILES string of the molecule is c1ccc2c(c1)nc(-c1ccc(-n3c4ccccc4c4c5cccc6c7cccc8c9ccccc9n(c(cc43)c65)c78)cc1)c1sc3ccccc3c12. The number of para-hydroxylation sites is 4. The molecule has 0 saturated carbocycles. The Morgan fingerprint density at radius 1 is 0.415 bits per heavy atom. The summed E-state index contributed by atoms with van der Waals surface area (Å²) in [5, 5.41) is 14.1. The molecule has 4 heteroatoms. The molecule has 53 heavy (non-hydrogen) atoms. The van der Waals surface area contributed by atoms with Crippen molar-refractivity contribution >= 4 is 113 Å². The van der Waals surface area contributed by atoms with E-state index in [2.05, 4.69) is 173 Å². The lowest BCUT2D eigenvalue weighted by atomic mass is 9.96. The fraction of sp³-hybridized carbons (Fsp3) is 0. The molecule has 0 unspecified atom stereocenters. The standard InChI is InChI=1S/C49H27N3S/c1-5-19-38-34(12-1)46-36-14-4-8-22-43(36)53-49(46)47(50-38)28-23-25-29(26-24-28)51-40-21-7-3-13-35(40)45-37-18-9-15-31-33-17-10-16-32-30-11-2-6-20-39(30)52(48(32)33)42(44(31)37)27-41(45)51/h1-27H. The van der Waals surface area contributed by atoms with Crippen molar-refractivity contribution < 1.29 is 0 Å². The molecule has 0 radical (unpaired) electrons. The van der Waals surface area contributed by atoms with E-state index in [1.54, 1.807) is 0 Å². The van der Waals surface area contributed by atoms with Crippen molar-refractivity contribution in [2.45, 2.75) is 0 Å². The van der Waals surface area contributed by atoms with Crippen molar-refractivity contribution in [1.29, 1.82) is 0 Å². The first-order chi connectivity index (χ1) is 26.3. The Kier molecular flexibility index (Phi) is 5.25. The number of pyridine rings is 2. The van der Waals surface area contributed by atoms with E-state index in [-0.39, 0.29) is 0 Å². The van der Waals surface area contributed by atoms with E-state index in [4.69, 9.17) is 4.98 Å². The minimum Gasteiger partial charge on any atom is -0.309 e. The molecule has 0 aliphatic carbocycles. The van der Waals surface area contributed by atoms with Crippen molar-refractivity contribution in [1.82, 2.24) is 14.0 Å². The van der Waals surface area contributed by atoms with Crippen LogP contribution in [-0.2, 0) is 0 Å². The van der Waals surface area contributed by atoms with Gasteiger partial charge in [-0.2, -0.15) is 0 Å². The third-order valence-electron chi connectivity index (χ3n) is 11.6. The van der Waals surface area contributed by atoms with Gasteiger partial charge in [0.1, 0.15) is 0 Å². The van der Waals surface area contributed by atoms with Gasteiger partial charge in [0.05, 0.1) is 43.5 Å². The number of fused-ring (bicyclic) bond motifs is 14. The summed E-state index contributed by atoms with van der Waals surface area (Å²) in [6.07, 6.45) is 0. The highest BCUT2D eigenvalue weighted by atomic mass is 32.1. The van der Waals surface area contributed by atoms with Gasteiger partial charge in [-0.1, -0.05) is 121 Å². The predicted octanol–water partition coefficient (Wildman–Crippen LogP) is 13.7. The smallest absolute Gasteiger partial charge is 0.0888 e. The lowest BCUT2D eigenvalue weighted by Crippen LogP contribution is -1.97. The van der Waals surface area contributed by atoms with E-state index < -0.39 is 0 Å². The van der Waals surface area contributed by atoms with Crippen LogP contribution in [0.3, 0.4) is 0 Å². The minimum atomic E-state index is 1.03. The molecule has 13 rings (SSSR count). The third kappa shape index (κ3) is 3.51. The zero-order valence-corrected chi connectivity index (χ0v) is 29.2. The molecular weight excluding hydrogens is 663 g/mol. The number of hydrogen-bond acceptors (Lipinski definition) is 2. The maximum atomic E-state index is 5.29. The number of thiophene rings is 1. The number of rotatable bonds is 2. The Hall–Kier alpha value is -6.75. The van der Waals surface area contributed by atoms with Crippen LogP contribution in [-0.4, -0.2) is 14.0 Å². The van der Waals surface area contributed by atoms with Gasteiger partial charge in [-0.05, 0) is 53.2 Å². The van der Waals surface area contributed by atoms with Crippen LogP contribution in [0.1, 0.15) is 0 Å². The van der Waals surface area contributed by atoms with Gasteiger partial charge in [-0.3, -0.25) is 0 Å². The number of aromatic nitrogens is 3. The summed E-state index contributed by atoms with van der Waals surface area (Å²) in [4.78, 5) is 5.29. The highest BCUT2D eigenvalue weighted by molar-refractivity contribution is 7.26. The molecular formula is C49H27N3S. The van der Waals surface area contributed by atoms with Gasteiger partial charge >= 0.3 is 0 Å². The highest BCUT2D eigenvalue weighted by Crippen LogP contribution is 2.46. The molecule has 0 fully saturated rings. The van der Waals surface area contributed by atoms with Crippen LogP contribution in [0.5, 0.6) is 0 Å². The largest absolute Gasteiger partial charge is 0.309 e. The molecule has 0 amide bonds. The fourth-order valence-corrected chi connectivity index (χ4v) is 10.7. The molecule has 3 nitrogen and oxygen atoms in total. The first kappa shape index (κ1) is 27.9. The van der Waals surface area contributed by atoms with Crippen molar-refractivity contribution in [3.63, 3.8) is 0 Å². The van der Waals surface area contributed by atoms with Crippen molar-refractivity contribution in [3.05, 3.63) is 164 Å². The van der Waals surface area contributed by atoms with Crippen LogP contribution >= 0.6 is 11.3 Å². The molecule has 5 aromatic heterocycles. The van der Waals surface area contributed by atoms with Gasteiger partial charge in [0, 0.05) is 64.4 Å². The average Bonchev–Trinajstić information content (AvgIpc) is 3.88. The van der Waals surface area contributed by atoms with Gasteiger partial charge in [0.2, 0.25) is 0 Å². The molecule has 0 spiro atoms.